The molecule has 0 amide bonds. The molecule has 0 saturated carbocycles. The molecule has 2 nitrogen and oxygen atoms in total. The summed E-state index contributed by atoms with van der Waals surface area (Å²) in [4.78, 5) is 3.60. The Labute approximate surface area is 119 Å². The quantitative estimate of drug-likeness (QED) is 0.834. The lowest BCUT2D eigenvalue weighted by Gasteiger charge is -2.12. The number of nitrogens with one attached hydrogen (secondary N) is 1. The first-order valence-electron chi connectivity index (χ1n) is 6.57. The number of likely N-dealkylation sites (N-methyl/N-ethyl adjacent to an activating group) is 1. The van der Waals surface area contributed by atoms with E-state index < -0.39 is 0 Å². The third-order valence-corrected chi connectivity index (χ3v) is 4.38. The van der Waals surface area contributed by atoms with E-state index in [1.165, 1.54) is 16.1 Å². The van der Waals surface area contributed by atoms with Gasteiger partial charge in [0.2, 0.25) is 0 Å². The van der Waals surface area contributed by atoms with Crippen LogP contribution in [0, 0.1) is 0 Å². The molecule has 1 N–H and O–H groups in total. The summed E-state index contributed by atoms with van der Waals surface area (Å²) in [6.45, 7) is 3.41. The number of nitrogens with zero attached hydrogens (tertiary/aromatic N) is 1. The van der Waals surface area contributed by atoms with Crippen LogP contribution < -0.4 is 9.62 Å². The smallest absolute Gasteiger partial charge is 0.0443 e. The maximum atomic E-state index is 3.38. The van der Waals surface area contributed by atoms with Gasteiger partial charge >= 0.3 is 0 Å². The van der Waals surface area contributed by atoms with Crippen LogP contribution in [0.15, 0.2) is 53.4 Å². The molecule has 3 rings (SSSR count). The second-order valence-corrected chi connectivity index (χ2v) is 5.95. The van der Waals surface area contributed by atoms with E-state index in [2.05, 4.69) is 53.9 Å². The van der Waals surface area contributed by atoms with E-state index in [-0.39, 0.29) is 0 Å². The standard InChI is InChI=1S/C16H18N2S/c1-12-11-18(2)16-9-8-14(10-15(12)16)19-17-13-6-4-3-5-7-13/h3-10,12,17H,11H2,1-2H3. The van der Waals surface area contributed by atoms with Crippen molar-refractivity contribution in [2.24, 2.45) is 0 Å². The normalized spacial score (nSPS) is 17.4. The van der Waals surface area contributed by atoms with Crippen LogP contribution in [0.4, 0.5) is 11.4 Å². The second-order valence-electron chi connectivity index (χ2n) is 5.07. The van der Waals surface area contributed by atoms with Crippen molar-refractivity contribution in [2.75, 3.05) is 23.2 Å². The van der Waals surface area contributed by atoms with Gasteiger partial charge < -0.3 is 9.62 Å². The predicted molar refractivity (Wildman–Crippen MR) is 84.0 cm³/mol. The van der Waals surface area contributed by atoms with E-state index in [4.69, 9.17) is 0 Å². The molecule has 3 heteroatoms. The van der Waals surface area contributed by atoms with Crippen molar-refractivity contribution in [3.8, 4) is 0 Å². The predicted octanol–water partition coefficient (Wildman–Crippen LogP) is 4.36. The first kappa shape index (κ1) is 12.4. The lowest BCUT2D eigenvalue weighted by Crippen LogP contribution is -2.13. The molecule has 98 valence electrons. The van der Waals surface area contributed by atoms with Crippen LogP contribution in [0.5, 0.6) is 0 Å². The zero-order valence-electron chi connectivity index (χ0n) is 11.3. The molecule has 0 bridgehead atoms. The van der Waals surface area contributed by atoms with Crippen molar-refractivity contribution in [1.82, 2.24) is 0 Å². The average molecular weight is 270 g/mol. The molecular formula is C16H18N2S. The third kappa shape index (κ3) is 2.56. The summed E-state index contributed by atoms with van der Waals surface area (Å²) in [6, 6.07) is 17.0. The fraction of sp³-hybridized carbons (Fsp3) is 0.250. The lowest BCUT2D eigenvalue weighted by atomic mass is 10.0. The van der Waals surface area contributed by atoms with Crippen molar-refractivity contribution in [2.45, 2.75) is 17.7 Å². The Morgan fingerprint density at radius 2 is 1.95 bits per heavy atom. The van der Waals surface area contributed by atoms with Crippen molar-refractivity contribution in [3.05, 3.63) is 54.1 Å². The van der Waals surface area contributed by atoms with E-state index >= 15 is 0 Å². The van der Waals surface area contributed by atoms with Gasteiger partial charge in [0.15, 0.2) is 0 Å². The van der Waals surface area contributed by atoms with E-state index in [1.807, 2.05) is 18.2 Å². The van der Waals surface area contributed by atoms with Gasteiger partial charge in [0.05, 0.1) is 0 Å². The van der Waals surface area contributed by atoms with Crippen molar-refractivity contribution in [1.29, 1.82) is 0 Å². The highest BCUT2D eigenvalue weighted by Crippen LogP contribution is 2.37. The minimum absolute atomic E-state index is 0.622. The maximum Gasteiger partial charge on any atom is 0.0443 e. The van der Waals surface area contributed by atoms with Crippen LogP contribution in [0.3, 0.4) is 0 Å². The van der Waals surface area contributed by atoms with Gasteiger partial charge in [-0.05, 0) is 47.8 Å². The first-order chi connectivity index (χ1) is 9.24. The minimum Gasteiger partial charge on any atom is -0.374 e. The molecule has 1 heterocycles. The molecule has 1 aliphatic heterocycles. The van der Waals surface area contributed by atoms with Gasteiger partial charge in [-0.15, -0.1) is 0 Å². The number of hydrogen-bond acceptors (Lipinski definition) is 3. The molecule has 0 saturated heterocycles. The minimum atomic E-state index is 0.622. The van der Waals surface area contributed by atoms with Crippen molar-refractivity contribution >= 4 is 23.3 Å². The Kier molecular flexibility index (Phi) is 3.38. The van der Waals surface area contributed by atoms with Gasteiger partial charge in [-0.3, -0.25) is 0 Å². The molecule has 0 spiro atoms. The summed E-state index contributed by atoms with van der Waals surface area (Å²) in [6.07, 6.45) is 0. The Morgan fingerprint density at radius 3 is 2.74 bits per heavy atom. The number of anilines is 2. The second kappa shape index (κ2) is 5.17. The van der Waals surface area contributed by atoms with Crippen LogP contribution in [-0.2, 0) is 0 Å². The third-order valence-electron chi connectivity index (χ3n) is 3.55. The van der Waals surface area contributed by atoms with Crippen molar-refractivity contribution in [3.63, 3.8) is 0 Å². The molecule has 0 aliphatic carbocycles. The molecule has 1 aliphatic rings. The van der Waals surface area contributed by atoms with Crippen LogP contribution >= 0.6 is 11.9 Å². The lowest BCUT2D eigenvalue weighted by molar-refractivity contribution is 0.795. The average Bonchev–Trinajstić information content (AvgIpc) is 2.73. The Balaban J connectivity index is 1.75. The van der Waals surface area contributed by atoms with Gasteiger partial charge in [-0.25, -0.2) is 0 Å². The molecule has 2 aromatic carbocycles. The van der Waals surface area contributed by atoms with Crippen LogP contribution in [0.25, 0.3) is 0 Å². The SMILES string of the molecule is CC1CN(C)c2ccc(SNc3ccccc3)cc21. The molecule has 0 fully saturated rings. The highest BCUT2D eigenvalue weighted by molar-refractivity contribution is 8.00. The molecule has 2 aromatic rings. The number of para-hydroxylation sites is 1. The largest absolute Gasteiger partial charge is 0.374 e. The summed E-state index contributed by atoms with van der Waals surface area (Å²) in [5.41, 5.74) is 3.97. The number of benzene rings is 2. The molecule has 0 aromatic heterocycles. The van der Waals surface area contributed by atoms with E-state index in [0.717, 1.165) is 12.2 Å². The monoisotopic (exact) mass is 270 g/mol. The molecule has 1 atom stereocenters. The number of hydrogen-bond donors (Lipinski definition) is 1. The van der Waals surface area contributed by atoms with Crippen molar-refractivity contribution < 1.29 is 0 Å². The Morgan fingerprint density at radius 1 is 1.16 bits per heavy atom. The van der Waals surface area contributed by atoms with E-state index in [1.54, 1.807) is 11.9 Å². The molecular weight excluding hydrogens is 252 g/mol. The first-order valence-corrected chi connectivity index (χ1v) is 7.38. The van der Waals surface area contributed by atoms with Crippen LogP contribution in [0.2, 0.25) is 0 Å². The topological polar surface area (TPSA) is 15.3 Å². The Bertz CT molecular complexity index is 568. The maximum absolute atomic E-state index is 3.38. The molecule has 19 heavy (non-hydrogen) atoms. The summed E-state index contributed by atoms with van der Waals surface area (Å²) in [5.74, 6) is 0.622. The molecule has 1 unspecified atom stereocenters. The highest BCUT2D eigenvalue weighted by Gasteiger charge is 2.22. The fourth-order valence-corrected chi connectivity index (χ4v) is 3.26. The highest BCUT2D eigenvalue weighted by atomic mass is 32.2. The van der Waals surface area contributed by atoms with Gasteiger partial charge in [0, 0.05) is 35.8 Å². The number of rotatable bonds is 3. The Hall–Kier alpha value is -1.61. The summed E-state index contributed by atoms with van der Waals surface area (Å²) in [5, 5.41) is 0. The van der Waals surface area contributed by atoms with Gasteiger partial charge in [-0.1, -0.05) is 25.1 Å². The summed E-state index contributed by atoms with van der Waals surface area (Å²) in [7, 11) is 2.16. The van der Waals surface area contributed by atoms with E-state index in [0.29, 0.717) is 5.92 Å². The summed E-state index contributed by atoms with van der Waals surface area (Å²) < 4.78 is 3.38. The van der Waals surface area contributed by atoms with Gasteiger partial charge in [-0.2, -0.15) is 0 Å². The van der Waals surface area contributed by atoms with E-state index in [9.17, 15) is 0 Å². The zero-order chi connectivity index (χ0) is 13.2. The fourth-order valence-electron chi connectivity index (χ4n) is 2.57. The van der Waals surface area contributed by atoms with Crippen LogP contribution in [-0.4, -0.2) is 13.6 Å². The molecule has 0 radical (unpaired) electrons. The summed E-state index contributed by atoms with van der Waals surface area (Å²) >= 11 is 1.67. The van der Waals surface area contributed by atoms with Gasteiger partial charge in [0.25, 0.3) is 0 Å². The number of fused-ring (bicyclic) bond motifs is 1. The zero-order valence-corrected chi connectivity index (χ0v) is 12.1. The van der Waals surface area contributed by atoms with Crippen LogP contribution in [0.1, 0.15) is 18.4 Å². The van der Waals surface area contributed by atoms with Gasteiger partial charge in [0.1, 0.15) is 0 Å².